The van der Waals surface area contributed by atoms with Gasteiger partial charge >= 0.3 is 5.97 Å². The van der Waals surface area contributed by atoms with E-state index in [9.17, 15) is 4.79 Å². The Balaban J connectivity index is 1.34. The number of nitrogens with zero attached hydrogens (tertiary/aromatic N) is 1. The van der Waals surface area contributed by atoms with Gasteiger partial charge in [0, 0.05) is 12.1 Å². The van der Waals surface area contributed by atoms with Gasteiger partial charge < -0.3 is 15.5 Å². The highest BCUT2D eigenvalue weighted by molar-refractivity contribution is 5.89. The Morgan fingerprint density at radius 3 is 2.92 bits per heavy atom. The van der Waals surface area contributed by atoms with Crippen LogP contribution in [0.4, 0.5) is 5.69 Å². The van der Waals surface area contributed by atoms with Crippen molar-refractivity contribution in [2.24, 2.45) is 0 Å². The summed E-state index contributed by atoms with van der Waals surface area (Å²) in [5.74, 6) is 0.601. The van der Waals surface area contributed by atoms with Gasteiger partial charge in [-0.3, -0.25) is 0 Å². The lowest BCUT2D eigenvalue weighted by molar-refractivity contribution is 0.0500. The van der Waals surface area contributed by atoms with Crippen molar-refractivity contribution in [3.8, 4) is 0 Å². The van der Waals surface area contributed by atoms with Crippen LogP contribution in [-0.4, -0.2) is 22.5 Å². The highest BCUT2D eigenvalue weighted by Gasteiger charge is 2.10. The van der Waals surface area contributed by atoms with Crippen molar-refractivity contribution in [3.05, 3.63) is 65.0 Å². The fraction of sp³-hybridized carbons (Fsp3) is 0.238. The summed E-state index contributed by atoms with van der Waals surface area (Å²) in [4.78, 5) is 20.0. The third-order valence-corrected chi connectivity index (χ3v) is 4.61. The molecule has 3 aromatic rings. The van der Waals surface area contributed by atoms with E-state index in [1.54, 1.807) is 24.3 Å². The highest BCUT2D eigenvalue weighted by atomic mass is 16.5. The van der Waals surface area contributed by atoms with Crippen LogP contribution >= 0.6 is 0 Å². The second kappa shape index (κ2) is 7.04. The molecule has 2 aromatic carbocycles. The lowest BCUT2D eigenvalue weighted by Gasteiger charge is -2.09. The Morgan fingerprint density at radius 2 is 2.08 bits per heavy atom. The number of nitrogen functional groups attached to an aromatic ring is 1. The van der Waals surface area contributed by atoms with Gasteiger partial charge in [-0.2, -0.15) is 0 Å². The molecule has 132 valence electrons. The van der Waals surface area contributed by atoms with E-state index in [1.165, 1.54) is 11.1 Å². The Morgan fingerprint density at radius 1 is 1.23 bits per heavy atom. The first-order chi connectivity index (χ1) is 12.7. The number of hydrogen-bond acceptors (Lipinski definition) is 4. The maximum Gasteiger partial charge on any atom is 0.338 e. The number of allylic oxidation sites excluding steroid dienone is 1. The van der Waals surface area contributed by atoms with E-state index in [0.717, 1.165) is 42.5 Å². The summed E-state index contributed by atoms with van der Waals surface area (Å²) >= 11 is 0. The second-order valence-electron chi connectivity index (χ2n) is 6.55. The molecule has 1 aromatic heterocycles. The molecule has 0 saturated carbocycles. The first-order valence-corrected chi connectivity index (χ1v) is 8.90. The van der Waals surface area contributed by atoms with Gasteiger partial charge in [-0.15, -0.1) is 0 Å². The first-order valence-electron chi connectivity index (χ1n) is 8.90. The number of carbonyl (C=O) groups excluding carboxylic acids is 1. The average Bonchev–Trinajstić information content (AvgIpc) is 3.05. The monoisotopic (exact) mass is 347 g/mol. The van der Waals surface area contributed by atoms with E-state index in [1.807, 2.05) is 0 Å². The number of H-pyrrole nitrogens is 1. The summed E-state index contributed by atoms with van der Waals surface area (Å²) < 4.78 is 5.31. The van der Waals surface area contributed by atoms with Crippen LogP contribution in [0.5, 0.6) is 0 Å². The normalized spacial score (nSPS) is 12.9. The lowest BCUT2D eigenvalue weighted by Crippen LogP contribution is -2.07. The predicted molar refractivity (Wildman–Crippen MR) is 103 cm³/mol. The van der Waals surface area contributed by atoms with Crippen LogP contribution < -0.4 is 5.73 Å². The van der Waals surface area contributed by atoms with Crippen molar-refractivity contribution < 1.29 is 9.53 Å². The number of rotatable bonds is 5. The predicted octanol–water partition coefficient (Wildman–Crippen LogP) is 3.89. The minimum absolute atomic E-state index is 0.325. The fourth-order valence-electron chi connectivity index (χ4n) is 3.22. The summed E-state index contributed by atoms with van der Waals surface area (Å²) in [6, 6.07) is 11.1. The quantitative estimate of drug-likeness (QED) is 0.417. The van der Waals surface area contributed by atoms with Gasteiger partial charge in [0.2, 0.25) is 0 Å². The molecule has 1 aliphatic carbocycles. The smallest absolute Gasteiger partial charge is 0.338 e. The van der Waals surface area contributed by atoms with Crippen molar-refractivity contribution in [3.63, 3.8) is 0 Å². The molecular weight excluding hydrogens is 326 g/mol. The van der Waals surface area contributed by atoms with Crippen LogP contribution in [0, 0.1) is 0 Å². The van der Waals surface area contributed by atoms with Crippen molar-refractivity contribution in [2.75, 3.05) is 12.3 Å². The summed E-state index contributed by atoms with van der Waals surface area (Å²) in [5.41, 5.74) is 11.5. The van der Waals surface area contributed by atoms with E-state index in [-0.39, 0.29) is 5.97 Å². The molecule has 1 aliphatic rings. The zero-order valence-electron chi connectivity index (χ0n) is 14.5. The van der Waals surface area contributed by atoms with Crippen LogP contribution in [0.3, 0.4) is 0 Å². The van der Waals surface area contributed by atoms with Gasteiger partial charge in [0.05, 0.1) is 23.2 Å². The van der Waals surface area contributed by atoms with E-state index in [2.05, 4.69) is 34.3 Å². The maximum absolute atomic E-state index is 12.0. The molecule has 0 saturated heterocycles. The number of benzene rings is 2. The number of anilines is 1. The van der Waals surface area contributed by atoms with Crippen molar-refractivity contribution in [1.29, 1.82) is 0 Å². The molecule has 0 unspecified atom stereocenters. The third-order valence-electron chi connectivity index (χ3n) is 4.61. The largest absolute Gasteiger partial charge is 0.462 e. The van der Waals surface area contributed by atoms with Gasteiger partial charge in [-0.1, -0.05) is 12.2 Å². The van der Waals surface area contributed by atoms with Gasteiger partial charge in [-0.05, 0) is 66.8 Å². The van der Waals surface area contributed by atoms with Crippen LogP contribution in [-0.2, 0) is 17.6 Å². The molecule has 0 aliphatic heterocycles. The standard InChI is InChI=1S/C21H21N3O2/c22-17-9-7-14(8-10-17)21(25)26-11-3-6-20-23-18-12-15-4-1-2-5-16(15)13-19(18)24-20/h1,4,7-10,12-13H,2-3,5-6,11,22H2,(H,23,24). The topological polar surface area (TPSA) is 81.0 Å². The molecule has 0 fully saturated rings. The number of nitrogens with two attached hydrogens (primary N) is 1. The van der Waals surface area contributed by atoms with Crippen LogP contribution in [0.1, 0.15) is 40.2 Å². The molecular formula is C21H21N3O2. The van der Waals surface area contributed by atoms with E-state index < -0.39 is 0 Å². The van der Waals surface area contributed by atoms with E-state index in [0.29, 0.717) is 17.9 Å². The van der Waals surface area contributed by atoms with E-state index in [4.69, 9.17) is 10.5 Å². The number of hydrogen-bond donors (Lipinski definition) is 2. The lowest BCUT2D eigenvalue weighted by atomic mass is 9.97. The van der Waals surface area contributed by atoms with E-state index >= 15 is 0 Å². The summed E-state index contributed by atoms with van der Waals surface area (Å²) in [7, 11) is 0. The minimum Gasteiger partial charge on any atom is -0.462 e. The first kappa shape index (κ1) is 16.4. The second-order valence-corrected chi connectivity index (χ2v) is 6.55. The Bertz CT molecular complexity index is 971. The van der Waals surface area contributed by atoms with Gasteiger partial charge in [0.15, 0.2) is 0 Å². The van der Waals surface area contributed by atoms with Crippen molar-refractivity contribution >= 4 is 28.8 Å². The maximum atomic E-state index is 12.0. The average molecular weight is 347 g/mol. The third kappa shape index (κ3) is 3.47. The Hall–Kier alpha value is -3.08. The number of aromatic nitrogens is 2. The number of esters is 1. The highest BCUT2D eigenvalue weighted by Crippen LogP contribution is 2.24. The van der Waals surface area contributed by atoms with Crippen molar-refractivity contribution in [1.82, 2.24) is 9.97 Å². The molecule has 26 heavy (non-hydrogen) atoms. The number of ether oxygens (including phenoxy) is 1. The molecule has 5 nitrogen and oxygen atoms in total. The number of imidazole rings is 1. The zero-order valence-corrected chi connectivity index (χ0v) is 14.5. The van der Waals surface area contributed by atoms with Crippen LogP contribution in [0.2, 0.25) is 0 Å². The number of carbonyl (C=O) groups is 1. The zero-order chi connectivity index (χ0) is 17.9. The van der Waals surface area contributed by atoms with Crippen LogP contribution in [0.25, 0.3) is 17.1 Å². The number of aromatic amines is 1. The molecule has 4 rings (SSSR count). The number of aryl methyl sites for hydroxylation is 2. The SMILES string of the molecule is Nc1ccc(C(=O)OCCCc2nc3cc4c(cc3[nH]2)CCC=C4)cc1. The number of nitrogens with one attached hydrogen (secondary N) is 1. The molecule has 0 bridgehead atoms. The van der Waals surface area contributed by atoms with Crippen molar-refractivity contribution in [2.45, 2.75) is 25.7 Å². The van der Waals surface area contributed by atoms with Gasteiger partial charge in [-0.25, -0.2) is 9.78 Å². The molecule has 3 N–H and O–H groups in total. The summed E-state index contributed by atoms with van der Waals surface area (Å²) in [6.07, 6.45) is 8.01. The minimum atomic E-state index is -0.325. The molecule has 0 radical (unpaired) electrons. The molecule has 0 spiro atoms. The number of fused-ring (bicyclic) bond motifs is 2. The Kier molecular flexibility index (Phi) is 4.44. The molecule has 1 heterocycles. The van der Waals surface area contributed by atoms with Crippen LogP contribution in [0.15, 0.2) is 42.5 Å². The molecule has 0 amide bonds. The molecule has 0 atom stereocenters. The molecule has 5 heteroatoms. The summed E-state index contributed by atoms with van der Waals surface area (Å²) in [6.45, 7) is 0.361. The fourth-order valence-corrected chi connectivity index (χ4v) is 3.22. The van der Waals surface area contributed by atoms with Gasteiger partial charge in [0.1, 0.15) is 5.82 Å². The van der Waals surface area contributed by atoms with Gasteiger partial charge in [0.25, 0.3) is 0 Å². The summed E-state index contributed by atoms with van der Waals surface area (Å²) in [5, 5.41) is 0. The Labute approximate surface area is 151 Å².